The molecule has 1 fully saturated rings. The molecule has 0 saturated carbocycles. The molecular weight excluding hydrogens is 374 g/mol. The van der Waals surface area contributed by atoms with Gasteiger partial charge in [-0.05, 0) is 25.0 Å². The predicted octanol–water partition coefficient (Wildman–Crippen LogP) is 3.36. The molecule has 6 nitrogen and oxygen atoms in total. The van der Waals surface area contributed by atoms with E-state index in [2.05, 4.69) is 29.2 Å². The van der Waals surface area contributed by atoms with Gasteiger partial charge in [0.05, 0.1) is 29.7 Å². The molecule has 3 rings (SSSR count). The monoisotopic (exact) mass is 403 g/mol. The van der Waals surface area contributed by atoms with Gasteiger partial charge in [0.15, 0.2) is 0 Å². The van der Waals surface area contributed by atoms with E-state index in [9.17, 15) is 4.79 Å². The topological polar surface area (TPSA) is 67.6 Å². The Bertz CT molecular complexity index is 778. The number of morpholine rings is 1. The first kappa shape index (κ1) is 20.9. The molecule has 2 heterocycles. The van der Waals surface area contributed by atoms with Gasteiger partial charge >= 0.3 is 0 Å². The standard InChI is InChI=1S/C21H29N3O3S/c1-15(2)12-24-8-9-26-18(13-24)11-22-21(25)19-6-4-5-7-20(19)28-14-17-10-16(3)23-27-17/h4-7,10,15,18H,8-9,11-14H2,1-3H3,(H,22,25). The van der Waals surface area contributed by atoms with Crippen LogP contribution in [0.25, 0.3) is 0 Å². The van der Waals surface area contributed by atoms with Crippen LogP contribution in [0, 0.1) is 12.8 Å². The lowest BCUT2D eigenvalue weighted by Crippen LogP contribution is -2.48. The number of amides is 1. The van der Waals surface area contributed by atoms with Crippen molar-refractivity contribution >= 4 is 17.7 Å². The minimum Gasteiger partial charge on any atom is -0.374 e. The largest absolute Gasteiger partial charge is 0.374 e. The van der Waals surface area contributed by atoms with Crippen molar-refractivity contribution in [3.63, 3.8) is 0 Å². The number of rotatable bonds is 8. The Balaban J connectivity index is 1.54. The fourth-order valence-electron chi connectivity index (χ4n) is 3.30. The number of aromatic nitrogens is 1. The first-order chi connectivity index (χ1) is 13.5. The molecule has 28 heavy (non-hydrogen) atoms. The van der Waals surface area contributed by atoms with Crippen LogP contribution in [-0.2, 0) is 10.5 Å². The highest BCUT2D eigenvalue weighted by molar-refractivity contribution is 7.98. The van der Waals surface area contributed by atoms with Crippen molar-refractivity contribution in [1.82, 2.24) is 15.4 Å². The number of aryl methyl sites for hydroxylation is 1. The molecule has 2 aromatic rings. The second-order valence-electron chi connectivity index (χ2n) is 7.58. The minimum atomic E-state index is -0.0681. The molecule has 7 heteroatoms. The van der Waals surface area contributed by atoms with Gasteiger partial charge in [-0.3, -0.25) is 9.69 Å². The molecular formula is C21H29N3O3S. The number of hydrogen-bond donors (Lipinski definition) is 1. The Kier molecular flexibility index (Phi) is 7.53. The summed E-state index contributed by atoms with van der Waals surface area (Å²) in [5, 5.41) is 6.95. The molecule has 0 bridgehead atoms. The highest BCUT2D eigenvalue weighted by Gasteiger charge is 2.22. The molecule has 152 valence electrons. The molecule has 1 atom stereocenters. The second kappa shape index (κ2) is 10.1. The third kappa shape index (κ3) is 6.09. The van der Waals surface area contributed by atoms with Crippen LogP contribution >= 0.6 is 11.8 Å². The third-order valence-corrected chi connectivity index (χ3v) is 5.61. The Morgan fingerprint density at radius 3 is 2.96 bits per heavy atom. The Morgan fingerprint density at radius 2 is 2.21 bits per heavy atom. The predicted molar refractivity (Wildman–Crippen MR) is 111 cm³/mol. The van der Waals surface area contributed by atoms with Crippen LogP contribution in [0.5, 0.6) is 0 Å². The fraction of sp³-hybridized carbons (Fsp3) is 0.524. The summed E-state index contributed by atoms with van der Waals surface area (Å²) in [4.78, 5) is 16.1. The quantitative estimate of drug-likeness (QED) is 0.682. The van der Waals surface area contributed by atoms with Crippen molar-refractivity contribution < 1.29 is 14.1 Å². The highest BCUT2D eigenvalue weighted by atomic mass is 32.2. The summed E-state index contributed by atoms with van der Waals surface area (Å²) in [6.45, 7) is 10.5. The van der Waals surface area contributed by atoms with Gasteiger partial charge < -0.3 is 14.6 Å². The van der Waals surface area contributed by atoms with E-state index in [4.69, 9.17) is 9.26 Å². The van der Waals surface area contributed by atoms with Crippen molar-refractivity contribution in [2.75, 3.05) is 32.8 Å². The SMILES string of the molecule is Cc1cc(CSc2ccccc2C(=O)NCC2CN(CC(C)C)CCO2)on1. The van der Waals surface area contributed by atoms with Gasteiger partial charge in [0.1, 0.15) is 5.76 Å². The van der Waals surface area contributed by atoms with E-state index >= 15 is 0 Å². The molecule has 1 saturated heterocycles. The van der Waals surface area contributed by atoms with Crippen molar-refractivity contribution in [2.24, 2.45) is 5.92 Å². The molecule has 0 spiro atoms. The van der Waals surface area contributed by atoms with Crippen molar-refractivity contribution in [2.45, 2.75) is 37.5 Å². The number of carbonyl (C=O) groups excluding carboxylic acids is 1. The summed E-state index contributed by atoms with van der Waals surface area (Å²) in [7, 11) is 0. The smallest absolute Gasteiger partial charge is 0.252 e. The maximum Gasteiger partial charge on any atom is 0.252 e. The summed E-state index contributed by atoms with van der Waals surface area (Å²) in [5.74, 6) is 2.01. The number of ether oxygens (including phenoxy) is 1. The van der Waals surface area contributed by atoms with E-state index in [1.54, 1.807) is 11.8 Å². The van der Waals surface area contributed by atoms with Crippen LogP contribution in [0.4, 0.5) is 0 Å². The van der Waals surface area contributed by atoms with E-state index < -0.39 is 0 Å². The lowest BCUT2D eigenvalue weighted by atomic mass is 10.1. The molecule has 1 unspecified atom stereocenters. The first-order valence-corrected chi connectivity index (χ1v) is 10.8. The molecule has 1 aromatic heterocycles. The van der Waals surface area contributed by atoms with E-state index in [0.717, 1.165) is 42.6 Å². The lowest BCUT2D eigenvalue weighted by molar-refractivity contribution is -0.0295. The van der Waals surface area contributed by atoms with Gasteiger partial charge in [-0.2, -0.15) is 0 Å². The fourth-order valence-corrected chi connectivity index (χ4v) is 4.23. The molecule has 1 N–H and O–H groups in total. The number of benzene rings is 1. The van der Waals surface area contributed by atoms with Gasteiger partial charge in [0, 0.05) is 37.1 Å². The summed E-state index contributed by atoms with van der Waals surface area (Å²) < 4.78 is 11.1. The number of nitrogens with one attached hydrogen (secondary N) is 1. The molecule has 0 aliphatic carbocycles. The number of carbonyl (C=O) groups is 1. The first-order valence-electron chi connectivity index (χ1n) is 9.77. The third-order valence-electron chi connectivity index (χ3n) is 4.51. The molecule has 1 amide bonds. The van der Waals surface area contributed by atoms with Gasteiger partial charge in [-0.1, -0.05) is 31.1 Å². The Labute approximate surface area is 171 Å². The number of thioether (sulfide) groups is 1. The molecule has 1 aliphatic heterocycles. The van der Waals surface area contributed by atoms with E-state index in [0.29, 0.717) is 23.8 Å². The van der Waals surface area contributed by atoms with Crippen LogP contribution in [-0.4, -0.2) is 54.9 Å². The zero-order chi connectivity index (χ0) is 19.9. The average molecular weight is 404 g/mol. The summed E-state index contributed by atoms with van der Waals surface area (Å²) in [6.07, 6.45) is 0.0356. The zero-order valence-corrected chi connectivity index (χ0v) is 17.6. The van der Waals surface area contributed by atoms with Crippen LogP contribution in [0.2, 0.25) is 0 Å². The Hall–Kier alpha value is -1.83. The van der Waals surface area contributed by atoms with Crippen LogP contribution in [0.3, 0.4) is 0 Å². The van der Waals surface area contributed by atoms with Gasteiger partial charge in [0.2, 0.25) is 0 Å². The maximum absolute atomic E-state index is 12.8. The van der Waals surface area contributed by atoms with Gasteiger partial charge in [-0.25, -0.2) is 0 Å². The van der Waals surface area contributed by atoms with E-state index in [1.165, 1.54) is 0 Å². The van der Waals surface area contributed by atoms with Crippen molar-refractivity contribution in [3.05, 3.63) is 47.3 Å². The summed E-state index contributed by atoms with van der Waals surface area (Å²) in [6, 6.07) is 9.57. The van der Waals surface area contributed by atoms with Crippen LogP contribution < -0.4 is 5.32 Å². The summed E-state index contributed by atoms with van der Waals surface area (Å²) in [5.41, 5.74) is 1.54. The molecule has 0 radical (unpaired) electrons. The minimum absolute atomic E-state index is 0.0356. The summed E-state index contributed by atoms with van der Waals surface area (Å²) >= 11 is 1.58. The number of hydrogen-bond acceptors (Lipinski definition) is 6. The van der Waals surface area contributed by atoms with Crippen molar-refractivity contribution in [3.8, 4) is 0 Å². The van der Waals surface area contributed by atoms with Crippen LogP contribution in [0.15, 0.2) is 39.8 Å². The van der Waals surface area contributed by atoms with Gasteiger partial charge in [-0.15, -0.1) is 11.8 Å². The van der Waals surface area contributed by atoms with Crippen molar-refractivity contribution in [1.29, 1.82) is 0 Å². The van der Waals surface area contributed by atoms with E-state index in [-0.39, 0.29) is 12.0 Å². The number of nitrogens with zero attached hydrogens (tertiary/aromatic N) is 2. The van der Waals surface area contributed by atoms with E-state index in [1.807, 2.05) is 37.3 Å². The lowest BCUT2D eigenvalue weighted by Gasteiger charge is -2.34. The van der Waals surface area contributed by atoms with Crippen LogP contribution in [0.1, 0.15) is 35.7 Å². The average Bonchev–Trinajstić information content (AvgIpc) is 3.10. The highest BCUT2D eigenvalue weighted by Crippen LogP contribution is 2.26. The maximum atomic E-state index is 12.8. The molecule has 1 aliphatic rings. The Morgan fingerprint density at radius 1 is 1.39 bits per heavy atom. The second-order valence-corrected chi connectivity index (χ2v) is 8.59. The normalized spacial score (nSPS) is 17.8. The van der Waals surface area contributed by atoms with Gasteiger partial charge in [0.25, 0.3) is 5.91 Å². The molecule has 1 aromatic carbocycles. The zero-order valence-electron chi connectivity index (χ0n) is 16.8.